The third-order valence-electron chi connectivity index (χ3n) is 3.56. The van der Waals surface area contributed by atoms with Gasteiger partial charge in [0.25, 0.3) is 0 Å². The lowest BCUT2D eigenvalue weighted by molar-refractivity contribution is -0.146. The molecule has 1 aliphatic heterocycles. The number of benzene rings is 1. The summed E-state index contributed by atoms with van der Waals surface area (Å²) in [6.45, 7) is 0.437. The van der Waals surface area contributed by atoms with Crippen molar-refractivity contribution in [2.75, 3.05) is 25.9 Å². The number of piperidine rings is 1. The van der Waals surface area contributed by atoms with Crippen LogP contribution in [0.15, 0.2) is 23.1 Å². The molecular formula is C13H18N2O5S. The Morgan fingerprint density at radius 2 is 2.19 bits per heavy atom. The van der Waals surface area contributed by atoms with E-state index < -0.39 is 21.9 Å². The number of nitrogens with two attached hydrogens (primary N) is 1. The van der Waals surface area contributed by atoms with Crippen LogP contribution in [-0.2, 0) is 19.6 Å². The molecule has 0 amide bonds. The molecule has 0 saturated carbocycles. The highest BCUT2D eigenvalue weighted by molar-refractivity contribution is 7.89. The third kappa shape index (κ3) is 3.11. The minimum Gasteiger partial charge on any atom is -0.506 e. The molecule has 1 fully saturated rings. The van der Waals surface area contributed by atoms with Crippen LogP contribution < -0.4 is 5.73 Å². The summed E-state index contributed by atoms with van der Waals surface area (Å²) in [5.41, 5.74) is 5.53. The Morgan fingerprint density at radius 3 is 2.81 bits per heavy atom. The first-order valence-corrected chi connectivity index (χ1v) is 7.96. The van der Waals surface area contributed by atoms with Gasteiger partial charge in [0, 0.05) is 13.1 Å². The molecule has 0 radical (unpaired) electrons. The molecule has 8 heteroatoms. The zero-order valence-electron chi connectivity index (χ0n) is 11.7. The fraction of sp³-hybridized carbons (Fsp3) is 0.462. The van der Waals surface area contributed by atoms with E-state index in [1.165, 1.54) is 29.6 Å². The van der Waals surface area contributed by atoms with Crippen molar-refractivity contribution < 1.29 is 23.1 Å². The molecule has 1 aliphatic rings. The van der Waals surface area contributed by atoms with Gasteiger partial charge in [-0.25, -0.2) is 8.42 Å². The Balaban J connectivity index is 2.26. The Bertz CT molecular complexity index is 644. The number of sulfonamides is 1. The van der Waals surface area contributed by atoms with Gasteiger partial charge in [-0.15, -0.1) is 0 Å². The third-order valence-corrected chi connectivity index (χ3v) is 5.42. The topological polar surface area (TPSA) is 110 Å². The molecule has 1 heterocycles. The molecule has 1 aromatic carbocycles. The Kier molecular flexibility index (Phi) is 4.38. The number of esters is 1. The van der Waals surface area contributed by atoms with Crippen molar-refractivity contribution in [2.45, 2.75) is 17.7 Å². The SMILES string of the molecule is COC(=O)C1CCCN(S(=O)(=O)c2ccc(O)c(N)c2)C1. The van der Waals surface area contributed by atoms with Crippen LogP contribution in [0.3, 0.4) is 0 Å². The highest BCUT2D eigenvalue weighted by atomic mass is 32.2. The van der Waals surface area contributed by atoms with E-state index in [2.05, 4.69) is 4.74 Å². The summed E-state index contributed by atoms with van der Waals surface area (Å²) in [7, 11) is -2.45. The van der Waals surface area contributed by atoms with Crippen molar-refractivity contribution in [1.82, 2.24) is 4.31 Å². The van der Waals surface area contributed by atoms with Crippen LogP contribution in [0.25, 0.3) is 0 Å². The van der Waals surface area contributed by atoms with Crippen LogP contribution in [-0.4, -0.2) is 44.0 Å². The van der Waals surface area contributed by atoms with Gasteiger partial charge in [-0.3, -0.25) is 4.79 Å². The minimum absolute atomic E-state index is 0.00222. The maximum atomic E-state index is 12.5. The monoisotopic (exact) mass is 314 g/mol. The molecule has 0 aromatic heterocycles. The molecule has 0 aliphatic carbocycles. The number of aromatic hydroxyl groups is 1. The van der Waals surface area contributed by atoms with Crippen molar-refractivity contribution >= 4 is 21.7 Å². The number of ether oxygens (including phenoxy) is 1. The first-order chi connectivity index (χ1) is 9.86. The maximum Gasteiger partial charge on any atom is 0.309 e. The van der Waals surface area contributed by atoms with E-state index in [-0.39, 0.29) is 22.9 Å². The second-order valence-electron chi connectivity index (χ2n) is 4.95. The molecule has 1 aromatic rings. The van der Waals surface area contributed by atoms with Gasteiger partial charge in [0.1, 0.15) is 5.75 Å². The van der Waals surface area contributed by atoms with Gasteiger partial charge in [0.15, 0.2) is 0 Å². The maximum absolute atomic E-state index is 12.5. The van der Waals surface area contributed by atoms with Crippen LogP contribution in [0.5, 0.6) is 5.75 Å². The van der Waals surface area contributed by atoms with Crippen LogP contribution in [0.4, 0.5) is 5.69 Å². The van der Waals surface area contributed by atoms with Crippen molar-refractivity contribution in [3.8, 4) is 5.75 Å². The molecule has 21 heavy (non-hydrogen) atoms. The zero-order valence-corrected chi connectivity index (χ0v) is 12.5. The van der Waals surface area contributed by atoms with E-state index in [9.17, 15) is 18.3 Å². The van der Waals surface area contributed by atoms with Crippen molar-refractivity contribution in [3.63, 3.8) is 0 Å². The Hall–Kier alpha value is -1.80. The standard InChI is InChI=1S/C13H18N2O5S/c1-20-13(17)9-3-2-6-15(8-9)21(18,19)10-4-5-12(16)11(14)7-10/h4-5,7,9,16H,2-3,6,8,14H2,1H3. The second kappa shape index (κ2) is 5.90. The molecule has 1 atom stereocenters. The van der Waals surface area contributed by atoms with Gasteiger partial charge in [-0.1, -0.05) is 0 Å². The molecule has 0 bridgehead atoms. The first kappa shape index (κ1) is 15.6. The molecule has 1 saturated heterocycles. The van der Waals surface area contributed by atoms with E-state index in [0.717, 1.165) is 0 Å². The predicted molar refractivity (Wildman–Crippen MR) is 76.0 cm³/mol. The highest BCUT2D eigenvalue weighted by Gasteiger charge is 2.33. The highest BCUT2D eigenvalue weighted by Crippen LogP contribution is 2.28. The summed E-state index contributed by atoms with van der Waals surface area (Å²) >= 11 is 0. The fourth-order valence-corrected chi connectivity index (χ4v) is 3.92. The predicted octanol–water partition coefficient (Wildman–Crippen LogP) is 0.548. The largest absolute Gasteiger partial charge is 0.506 e. The molecular weight excluding hydrogens is 296 g/mol. The smallest absolute Gasteiger partial charge is 0.309 e. The summed E-state index contributed by atoms with van der Waals surface area (Å²) in [5.74, 6) is -1.02. The summed E-state index contributed by atoms with van der Waals surface area (Å²) in [5, 5.41) is 9.37. The lowest BCUT2D eigenvalue weighted by atomic mass is 10.0. The average Bonchev–Trinajstić information content (AvgIpc) is 2.49. The van der Waals surface area contributed by atoms with Gasteiger partial charge >= 0.3 is 5.97 Å². The number of nitrogen functional groups attached to an aromatic ring is 1. The second-order valence-corrected chi connectivity index (χ2v) is 6.88. The van der Waals surface area contributed by atoms with Gasteiger partial charge in [-0.05, 0) is 31.0 Å². The number of nitrogens with zero attached hydrogens (tertiary/aromatic N) is 1. The summed E-state index contributed by atoms with van der Waals surface area (Å²) < 4.78 is 31.0. The number of hydrogen-bond donors (Lipinski definition) is 2. The fourth-order valence-electron chi connectivity index (χ4n) is 2.36. The van der Waals surface area contributed by atoms with Gasteiger partial charge in [-0.2, -0.15) is 4.31 Å². The Morgan fingerprint density at radius 1 is 1.48 bits per heavy atom. The summed E-state index contributed by atoms with van der Waals surface area (Å²) in [6.07, 6.45) is 1.20. The van der Waals surface area contributed by atoms with E-state index in [4.69, 9.17) is 5.73 Å². The lowest BCUT2D eigenvalue weighted by Crippen LogP contribution is -2.42. The number of carbonyl (C=O) groups excluding carboxylic acids is 1. The minimum atomic E-state index is -3.74. The number of anilines is 1. The Labute approximate surface area is 123 Å². The summed E-state index contributed by atoms with van der Waals surface area (Å²) in [4.78, 5) is 11.6. The van der Waals surface area contributed by atoms with Crippen molar-refractivity contribution in [1.29, 1.82) is 0 Å². The van der Waals surface area contributed by atoms with E-state index in [0.29, 0.717) is 19.4 Å². The van der Waals surface area contributed by atoms with Gasteiger partial charge in [0.2, 0.25) is 10.0 Å². The van der Waals surface area contributed by atoms with Crippen LogP contribution in [0.2, 0.25) is 0 Å². The van der Waals surface area contributed by atoms with Crippen LogP contribution in [0.1, 0.15) is 12.8 Å². The van der Waals surface area contributed by atoms with Crippen molar-refractivity contribution in [3.05, 3.63) is 18.2 Å². The average molecular weight is 314 g/mol. The van der Waals surface area contributed by atoms with Gasteiger partial charge < -0.3 is 15.6 Å². The number of phenolic OH excluding ortho intramolecular Hbond substituents is 1. The first-order valence-electron chi connectivity index (χ1n) is 6.52. The molecule has 2 rings (SSSR count). The normalized spacial score (nSPS) is 20.1. The van der Waals surface area contributed by atoms with E-state index in [1.807, 2.05) is 0 Å². The van der Waals surface area contributed by atoms with Crippen LogP contribution >= 0.6 is 0 Å². The molecule has 0 spiro atoms. The number of rotatable bonds is 3. The number of carbonyl (C=O) groups is 1. The number of phenols is 1. The zero-order chi connectivity index (χ0) is 15.6. The van der Waals surface area contributed by atoms with Crippen LogP contribution in [0, 0.1) is 5.92 Å². The molecule has 3 N–H and O–H groups in total. The number of methoxy groups -OCH3 is 1. The van der Waals surface area contributed by atoms with Crippen molar-refractivity contribution in [2.24, 2.45) is 5.92 Å². The summed E-state index contributed by atoms with van der Waals surface area (Å²) in [6, 6.07) is 3.75. The molecule has 7 nitrogen and oxygen atoms in total. The molecule has 116 valence electrons. The van der Waals surface area contributed by atoms with Gasteiger partial charge in [0.05, 0.1) is 23.6 Å². The van der Waals surface area contributed by atoms with E-state index >= 15 is 0 Å². The lowest BCUT2D eigenvalue weighted by Gasteiger charge is -2.30. The quantitative estimate of drug-likeness (QED) is 0.479. The number of hydrogen-bond acceptors (Lipinski definition) is 6. The van der Waals surface area contributed by atoms with E-state index in [1.54, 1.807) is 0 Å². The molecule has 1 unspecified atom stereocenters.